The van der Waals surface area contributed by atoms with E-state index in [-0.39, 0.29) is 35.2 Å². The van der Waals surface area contributed by atoms with Gasteiger partial charge in [0, 0.05) is 18.9 Å². The van der Waals surface area contributed by atoms with Crippen LogP contribution in [0.25, 0.3) is 10.8 Å². The number of carboxylic acids is 1. The van der Waals surface area contributed by atoms with Gasteiger partial charge in [0.2, 0.25) is 0 Å². The molecule has 178 valence electrons. The first-order chi connectivity index (χ1) is 16.0. The predicted molar refractivity (Wildman–Crippen MR) is 137 cm³/mol. The highest BCUT2D eigenvalue weighted by Gasteiger charge is 2.40. The van der Waals surface area contributed by atoms with Crippen LogP contribution >= 0.6 is 23.5 Å². The van der Waals surface area contributed by atoms with Crippen LogP contribution in [0.3, 0.4) is 0 Å². The van der Waals surface area contributed by atoms with Gasteiger partial charge in [-0.25, -0.2) is 0 Å². The minimum Gasteiger partial charge on any atom is -0.481 e. The van der Waals surface area contributed by atoms with Gasteiger partial charge in [-0.1, -0.05) is 54.6 Å². The van der Waals surface area contributed by atoms with E-state index in [0.29, 0.717) is 12.8 Å². The van der Waals surface area contributed by atoms with Gasteiger partial charge >= 0.3 is 5.97 Å². The second kappa shape index (κ2) is 13.2. The molecular formula is C26H32O5S2. The average molecular weight is 489 g/mol. The molecule has 2 aromatic rings. The lowest BCUT2D eigenvalue weighted by Gasteiger charge is -2.19. The molecule has 4 unspecified atom stereocenters. The molecule has 2 aromatic carbocycles. The number of aliphatic carboxylic acids is 1. The fraction of sp³-hybridized carbons (Fsp3) is 0.462. The second-order valence-electron chi connectivity index (χ2n) is 8.45. The predicted octanol–water partition coefficient (Wildman–Crippen LogP) is 4.20. The number of carboxylic acid groups (broad SMARTS) is 1. The number of carbonyl (C=O) groups excluding carboxylic acids is 1. The third-order valence-electron chi connectivity index (χ3n) is 5.96. The summed E-state index contributed by atoms with van der Waals surface area (Å²) in [5.74, 6) is 0.761. The highest BCUT2D eigenvalue weighted by atomic mass is 32.2. The lowest BCUT2D eigenvalue weighted by Crippen LogP contribution is -2.21. The van der Waals surface area contributed by atoms with Crippen LogP contribution in [0.1, 0.15) is 24.8 Å². The maximum Gasteiger partial charge on any atom is 0.313 e. The first-order valence-corrected chi connectivity index (χ1v) is 13.6. The number of aryl methyl sites for hydroxylation is 1. The van der Waals surface area contributed by atoms with Gasteiger partial charge in [0.05, 0.1) is 17.1 Å². The third-order valence-corrected chi connectivity index (χ3v) is 8.45. The van der Waals surface area contributed by atoms with Crippen LogP contribution in [0.15, 0.2) is 54.6 Å². The molecule has 0 heterocycles. The summed E-state index contributed by atoms with van der Waals surface area (Å²) in [4.78, 5) is 23.1. The van der Waals surface area contributed by atoms with Crippen molar-refractivity contribution in [2.75, 3.05) is 23.9 Å². The van der Waals surface area contributed by atoms with Crippen molar-refractivity contribution in [3.05, 3.63) is 60.2 Å². The maximum atomic E-state index is 12.5. The van der Waals surface area contributed by atoms with Crippen molar-refractivity contribution in [2.24, 2.45) is 11.8 Å². The average Bonchev–Trinajstić information content (AvgIpc) is 3.12. The first kappa shape index (κ1) is 25.8. The number of allylic oxidation sites excluding steroid dienone is 1. The standard InChI is InChI=1S/C26H32O5S2/c27-16-21-15-24(29)26(33-13-3-12-32-17-25(30)31)23(21)11-10-22(28)9-7-18-6-8-19-4-1-2-5-20(19)14-18/h1-2,4-6,8,10-11,14,21-23,26-28H,3,7,9,12-13,15-17H2,(H,30,31)/b11-10+. The third kappa shape index (κ3) is 7.88. The Kier molecular flexibility index (Phi) is 10.3. The number of Topliss-reactive ketones (excluding diaryl/α,β-unsaturated/α-hetero) is 1. The van der Waals surface area contributed by atoms with Crippen molar-refractivity contribution in [1.82, 2.24) is 0 Å². The highest BCUT2D eigenvalue weighted by Crippen LogP contribution is 2.38. The molecule has 1 fully saturated rings. The SMILES string of the molecule is O=C(O)CSCCCSC1C(=O)CC(CO)C1/C=C/C(O)CCc1ccc2ccccc2c1. The van der Waals surface area contributed by atoms with E-state index in [1.807, 2.05) is 18.2 Å². The van der Waals surface area contributed by atoms with E-state index in [4.69, 9.17) is 5.11 Å². The van der Waals surface area contributed by atoms with Gasteiger partial charge in [-0.15, -0.1) is 11.8 Å². The van der Waals surface area contributed by atoms with Crippen molar-refractivity contribution >= 4 is 46.0 Å². The summed E-state index contributed by atoms with van der Waals surface area (Å²) in [6, 6.07) is 14.6. The van der Waals surface area contributed by atoms with E-state index < -0.39 is 12.1 Å². The summed E-state index contributed by atoms with van der Waals surface area (Å²) in [6.07, 6.45) is 5.65. The van der Waals surface area contributed by atoms with Crippen LogP contribution in [-0.2, 0) is 16.0 Å². The minimum absolute atomic E-state index is 0.0422. The van der Waals surface area contributed by atoms with E-state index in [2.05, 4.69) is 30.3 Å². The maximum absolute atomic E-state index is 12.5. The van der Waals surface area contributed by atoms with E-state index in [0.717, 1.165) is 24.3 Å². The number of carbonyl (C=O) groups is 2. The summed E-state index contributed by atoms with van der Waals surface area (Å²) in [7, 11) is 0. The normalized spacial score (nSPS) is 21.8. The Morgan fingerprint density at radius 3 is 2.70 bits per heavy atom. The van der Waals surface area contributed by atoms with E-state index in [1.165, 1.54) is 28.1 Å². The van der Waals surface area contributed by atoms with Crippen molar-refractivity contribution in [3.8, 4) is 0 Å². The Hall–Kier alpha value is -1.80. The zero-order valence-corrected chi connectivity index (χ0v) is 20.3. The number of benzene rings is 2. The summed E-state index contributed by atoms with van der Waals surface area (Å²) in [5, 5.41) is 31.1. The molecule has 7 heteroatoms. The molecule has 0 spiro atoms. The molecule has 3 rings (SSSR count). The highest BCUT2D eigenvalue weighted by molar-refractivity contribution is 8.01. The van der Waals surface area contributed by atoms with Gasteiger partial charge in [0.15, 0.2) is 0 Å². The molecule has 1 aliphatic carbocycles. The molecule has 0 amide bonds. The fourth-order valence-electron chi connectivity index (χ4n) is 4.21. The van der Waals surface area contributed by atoms with Crippen LogP contribution in [0.5, 0.6) is 0 Å². The smallest absolute Gasteiger partial charge is 0.313 e. The van der Waals surface area contributed by atoms with Crippen LogP contribution in [0, 0.1) is 11.8 Å². The molecule has 3 N–H and O–H groups in total. The Morgan fingerprint density at radius 2 is 1.94 bits per heavy atom. The topological polar surface area (TPSA) is 94.8 Å². The van der Waals surface area contributed by atoms with Crippen molar-refractivity contribution in [2.45, 2.75) is 37.0 Å². The number of fused-ring (bicyclic) bond motifs is 1. The van der Waals surface area contributed by atoms with E-state index in [9.17, 15) is 19.8 Å². The molecule has 5 nitrogen and oxygen atoms in total. The molecule has 33 heavy (non-hydrogen) atoms. The number of aliphatic hydroxyl groups excluding tert-OH is 2. The number of rotatable bonds is 13. The van der Waals surface area contributed by atoms with Crippen molar-refractivity contribution in [3.63, 3.8) is 0 Å². The number of hydrogen-bond donors (Lipinski definition) is 3. The monoisotopic (exact) mass is 488 g/mol. The van der Waals surface area contributed by atoms with Gasteiger partial charge in [-0.05, 0) is 53.0 Å². The number of thioether (sulfide) groups is 2. The van der Waals surface area contributed by atoms with E-state index >= 15 is 0 Å². The molecule has 0 bridgehead atoms. The minimum atomic E-state index is -0.811. The molecular weight excluding hydrogens is 456 g/mol. The first-order valence-electron chi connectivity index (χ1n) is 11.4. The van der Waals surface area contributed by atoms with Gasteiger partial charge in [0.1, 0.15) is 5.78 Å². The van der Waals surface area contributed by atoms with Crippen LogP contribution in [0.2, 0.25) is 0 Å². The summed E-state index contributed by atoms with van der Waals surface area (Å²) in [5.41, 5.74) is 1.18. The van der Waals surface area contributed by atoms with Gasteiger partial charge < -0.3 is 15.3 Å². The van der Waals surface area contributed by atoms with Gasteiger partial charge in [-0.3, -0.25) is 9.59 Å². The second-order valence-corrected chi connectivity index (χ2v) is 10.8. The Labute approximate surface area is 203 Å². The van der Waals surface area contributed by atoms with Crippen molar-refractivity contribution in [1.29, 1.82) is 0 Å². The van der Waals surface area contributed by atoms with Gasteiger partial charge in [0.25, 0.3) is 0 Å². The van der Waals surface area contributed by atoms with Crippen LogP contribution < -0.4 is 0 Å². The zero-order valence-electron chi connectivity index (χ0n) is 18.6. The van der Waals surface area contributed by atoms with Gasteiger partial charge in [-0.2, -0.15) is 11.8 Å². The fourth-order valence-corrected chi connectivity index (χ4v) is 6.45. The number of hydrogen-bond acceptors (Lipinski definition) is 6. The van der Waals surface area contributed by atoms with Crippen molar-refractivity contribution < 1.29 is 24.9 Å². The number of ketones is 1. The molecule has 0 saturated heterocycles. The molecule has 1 saturated carbocycles. The largest absolute Gasteiger partial charge is 0.481 e. The van der Waals surface area contributed by atoms with Crippen LogP contribution in [0.4, 0.5) is 0 Å². The Balaban J connectivity index is 1.50. The summed E-state index contributed by atoms with van der Waals surface area (Å²) >= 11 is 2.97. The lowest BCUT2D eigenvalue weighted by atomic mass is 9.95. The molecule has 0 aromatic heterocycles. The zero-order chi connectivity index (χ0) is 23.6. The molecule has 4 atom stereocenters. The Bertz CT molecular complexity index is 961. The van der Waals surface area contributed by atoms with E-state index in [1.54, 1.807) is 17.8 Å². The number of aliphatic hydroxyl groups is 2. The molecule has 0 radical (unpaired) electrons. The quantitative estimate of drug-likeness (QED) is 0.287. The molecule has 0 aliphatic heterocycles. The summed E-state index contributed by atoms with van der Waals surface area (Å²) in [6.45, 7) is -0.0422. The Morgan fingerprint density at radius 1 is 1.15 bits per heavy atom. The lowest BCUT2D eigenvalue weighted by molar-refractivity contribution is -0.133. The summed E-state index contributed by atoms with van der Waals surface area (Å²) < 4.78 is 0. The molecule has 1 aliphatic rings. The van der Waals surface area contributed by atoms with Crippen LogP contribution in [-0.4, -0.2) is 62.3 Å².